The van der Waals surface area contributed by atoms with Crippen LogP contribution in [0.25, 0.3) is 43.6 Å². The van der Waals surface area contributed by atoms with Gasteiger partial charge >= 0.3 is 0 Å². The van der Waals surface area contributed by atoms with Gasteiger partial charge in [0.2, 0.25) is 0 Å². The Kier molecular flexibility index (Phi) is 5.06. The summed E-state index contributed by atoms with van der Waals surface area (Å²) in [6.45, 7) is 0. The van der Waals surface area contributed by atoms with Crippen molar-refractivity contribution in [1.82, 2.24) is 14.5 Å². The number of aromatic nitrogens is 3. The van der Waals surface area contributed by atoms with Crippen molar-refractivity contribution in [3.05, 3.63) is 114 Å². The summed E-state index contributed by atoms with van der Waals surface area (Å²) in [5.41, 5.74) is 3.44. The molecule has 7 heteroatoms. The van der Waals surface area contributed by atoms with E-state index in [0.29, 0.717) is 27.4 Å². The molecule has 7 rings (SSSR count). The molecule has 1 aliphatic rings. The molecule has 0 fully saturated rings. The molecule has 6 nitrogen and oxygen atoms in total. The molecule has 2 aromatic heterocycles. The second-order valence-corrected chi connectivity index (χ2v) is 9.96. The summed E-state index contributed by atoms with van der Waals surface area (Å²) in [6.07, 6.45) is 1.60. The van der Waals surface area contributed by atoms with E-state index in [4.69, 9.17) is 14.7 Å². The van der Waals surface area contributed by atoms with Crippen molar-refractivity contribution in [1.29, 1.82) is 0 Å². The first kappa shape index (κ1) is 22.3. The number of methoxy groups -OCH3 is 1. The summed E-state index contributed by atoms with van der Waals surface area (Å²) < 4.78 is 7.17. The van der Waals surface area contributed by atoms with Crippen LogP contribution < -0.4 is 4.74 Å². The number of thiazole rings is 1. The third kappa shape index (κ3) is 3.48. The number of Topliss-reactive ketones (excluding diaryl/α,β-unsaturated/α-hetero) is 2. The van der Waals surface area contributed by atoms with Gasteiger partial charge in [0.25, 0.3) is 0 Å². The fourth-order valence-electron chi connectivity index (χ4n) is 4.84. The molecule has 4 aromatic carbocycles. The zero-order valence-corrected chi connectivity index (χ0v) is 21.0. The Morgan fingerprint density at radius 2 is 1.42 bits per heavy atom. The summed E-state index contributed by atoms with van der Waals surface area (Å²) >= 11 is 1.46. The highest BCUT2D eigenvalue weighted by atomic mass is 32.1. The lowest BCUT2D eigenvalue weighted by Crippen LogP contribution is -2.04. The van der Waals surface area contributed by atoms with E-state index in [1.807, 2.05) is 83.4 Å². The average Bonchev–Trinajstić information content (AvgIpc) is 3.59. The van der Waals surface area contributed by atoms with Crippen molar-refractivity contribution >= 4 is 50.2 Å². The van der Waals surface area contributed by atoms with Crippen LogP contribution in [-0.2, 0) is 0 Å². The fourth-order valence-corrected chi connectivity index (χ4v) is 5.78. The first-order valence-corrected chi connectivity index (χ1v) is 12.9. The molecule has 38 heavy (non-hydrogen) atoms. The first-order valence-electron chi connectivity index (χ1n) is 12.0. The number of ketones is 2. The largest absolute Gasteiger partial charge is 0.497 e. The molecule has 6 aromatic rings. The first-order chi connectivity index (χ1) is 18.6. The number of ether oxygens (including phenoxy) is 1. The van der Waals surface area contributed by atoms with Crippen LogP contribution in [0.2, 0.25) is 0 Å². The summed E-state index contributed by atoms with van der Waals surface area (Å²) in [6, 6.07) is 28.8. The van der Waals surface area contributed by atoms with E-state index in [0.717, 1.165) is 32.8 Å². The van der Waals surface area contributed by atoms with E-state index in [-0.39, 0.29) is 17.1 Å². The zero-order chi connectivity index (χ0) is 25.8. The Morgan fingerprint density at radius 3 is 2.05 bits per heavy atom. The molecule has 0 radical (unpaired) electrons. The average molecular weight is 514 g/mol. The number of para-hydroxylation sites is 1. The maximum Gasteiger partial charge on any atom is 0.197 e. The number of allylic oxidation sites excluding steroid dienone is 1. The minimum Gasteiger partial charge on any atom is -0.497 e. The summed E-state index contributed by atoms with van der Waals surface area (Å²) in [7, 11) is 1.64. The molecule has 0 aliphatic heterocycles. The number of nitrogens with zero attached hydrogens (tertiary/aromatic N) is 3. The predicted molar refractivity (Wildman–Crippen MR) is 149 cm³/mol. The predicted octanol–water partition coefficient (Wildman–Crippen LogP) is 6.77. The molecule has 0 saturated heterocycles. The molecule has 2 heterocycles. The number of hydrogen-bond donors (Lipinski definition) is 0. The van der Waals surface area contributed by atoms with Crippen molar-refractivity contribution < 1.29 is 14.3 Å². The van der Waals surface area contributed by atoms with Crippen molar-refractivity contribution in [3.8, 4) is 22.0 Å². The van der Waals surface area contributed by atoms with Gasteiger partial charge in [-0.3, -0.25) is 14.2 Å². The lowest BCUT2D eigenvalue weighted by atomic mass is 10.0. The lowest BCUT2D eigenvalue weighted by Gasteiger charge is -2.06. The molecular weight excluding hydrogens is 494 g/mol. The van der Waals surface area contributed by atoms with E-state index in [2.05, 4.69) is 0 Å². The molecule has 0 bridgehead atoms. The molecule has 0 amide bonds. The maximum absolute atomic E-state index is 13.4. The van der Waals surface area contributed by atoms with Crippen molar-refractivity contribution in [2.75, 3.05) is 7.11 Å². The van der Waals surface area contributed by atoms with Crippen LogP contribution in [-0.4, -0.2) is 33.2 Å². The Hall–Kier alpha value is -4.88. The number of carbonyl (C=O) groups is 2. The Bertz CT molecular complexity index is 1880. The SMILES string of the molecule is COc1ccc(-c2nc3c(nc(C=C4C(=O)c5cc6ccccc6cc5C4=O)n3-c3ccccc3)s2)cc1. The monoisotopic (exact) mass is 513 g/mol. The Morgan fingerprint density at radius 1 is 0.789 bits per heavy atom. The molecule has 1 aliphatic carbocycles. The summed E-state index contributed by atoms with van der Waals surface area (Å²) in [5.74, 6) is 0.693. The highest BCUT2D eigenvalue weighted by molar-refractivity contribution is 7.21. The van der Waals surface area contributed by atoms with Gasteiger partial charge in [-0.05, 0) is 65.4 Å². The third-order valence-electron chi connectivity index (χ3n) is 6.74. The second-order valence-electron chi connectivity index (χ2n) is 8.98. The molecule has 182 valence electrons. The van der Waals surface area contributed by atoms with Crippen LogP contribution in [0.15, 0.2) is 96.6 Å². The molecule has 0 saturated carbocycles. The van der Waals surface area contributed by atoms with Gasteiger partial charge in [-0.25, -0.2) is 9.97 Å². The normalized spacial score (nSPS) is 12.9. The van der Waals surface area contributed by atoms with Gasteiger partial charge in [0.15, 0.2) is 22.0 Å². The minimum atomic E-state index is -0.284. The highest BCUT2D eigenvalue weighted by Gasteiger charge is 2.34. The lowest BCUT2D eigenvalue weighted by molar-refractivity contribution is 0.0990. The van der Waals surface area contributed by atoms with Crippen LogP contribution in [0.3, 0.4) is 0 Å². The summed E-state index contributed by atoms with van der Waals surface area (Å²) in [5, 5.41) is 2.67. The van der Waals surface area contributed by atoms with Crippen molar-refractivity contribution in [2.24, 2.45) is 0 Å². The molecule has 0 atom stereocenters. The molecule has 0 unspecified atom stereocenters. The number of carbonyl (C=O) groups excluding carboxylic acids is 2. The van der Waals surface area contributed by atoms with Gasteiger partial charge in [0.05, 0.1) is 12.7 Å². The van der Waals surface area contributed by atoms with Crippen molar-refractivity contribution in [2.45, 2.75) is 0 Å². The fraction of sp³-hybridized carbons (Fsp3) is 0.0323. The number of fused-ring (bicyclic) bond motifs is 3. The van der Waals surface area contributed by atoms with Gasteiger partial charge < -0.3 is 4.74 Å². The van der Waals surface area contributed by atoms with Crippen LogP contribution in [0.5, 0.6) is 5.75 Å². The Balaban J connectivity index is 1.38. The highest BCUT2D eigenvalue weighted by Crippen LogP contribution is 2.35. The number of imidazole rings is 1. The molecule has 0 spiro atoms. The molecule has 0 N–H and O–H groups in total. The second kappa shape index (κ2) is 8.61. The van der Waals surface area contributed by atoms with E-state index >= 15 is 0 Å². The van der Waals surface area contributed by atoms with Gasteiger partial charge in [-0.15, -0.1) is 0 Å². The minimum absolute atomic E-state index is 0.112. The van der Waals surface area contributed by atoms with Crippen LogP contribution in [0, 0.1) is 0 Å². The quantitative estimate of drug-likeness (QED) is 0.192. The van der Waals surface area contributed by atoms with Crippen LogP contribution >= 0.6 is 11.3 Å². The van der Waals surface area contributed by atoms with Crippen molar-refractivity contribution in [3.63, 3.8) is 0 Å². The van der Waals surface area contributed by atoms with E-state index in [9.17, 15) is 9.59 Å². The van der Waals surface area contributed by atoms with Gasteiger partial charge in [0.1, 0.15) is 16.6 Å². The van der Waals surface area contributed by atoms with Gasteiger partial charge in [-0.2, -0.15) is 0 Å². The van der Waals surface area contributed by atoms with Gasteiger partial charge in [0, 0.05) is 22.4 Å². The third-order valence-corrected chi connectivity index (χ3v) is 7.73. The number of benzene rings is 4. The van der Waals surface area contributed by atoms with E-state index in [1.165, 1.54) is 11.3 Å². The van der Waals surface area contributed by atoms with E-state index in [1.54, 1.807) is 25.3 Å². The van der Waals surface area contributed by atoms with E-state index < -0.39 is 0 Å². The number of hydrogen-bond acceptors (Lipinski definition) is 6. The van der Waals surface area contributed by atoms with Crippen LogP contribution in [0.1, 0.15) is 26.5 Å². The maximum atomic E-state index is 13.4. The summed E-state index contributed by atoms with van der Waals surface area (Å²) in [4.78, 5) is 37.2. The zero-order valence-electron chi connectivity index (χ0n) is 20.2. The smallest absolute Gasteiger partial charge is 0.197 e. The Labute approximate surface area is 221 Å². The standard InChI is InChI=1S/C31H19N3O3S/c1-37-22-13-11-18(12-14-22)30-33-29-31(38-30)32-26(34(29)21-9-3-2-4-10-21)17-25-27(35)23-15-19-7-5-6-8-20(19)16-24(23)28(25)36/h2-17H,1H3. The topological polar surface area (TPSA) is 74.1 Å². The van der Waals surface area contributed by atoms with Gasteiger partial charge in [-0.1, -0.05) is 53.8 Å². The number of rotatable bonds is 4. The molecular formula is C31H19N3O3S. The van der Waals surface area contributed by atoms with Crippen LogP contribution in [0.4, 0.5) is 0 Å².